The van der Waals surface area contributed by atoms with Crippen LogP contribution >= 0.6 is 11.3 Å². The summed E-state index contributed by atoms with van der Waals surface area (Å²) in [6.07, 6.45) is 3.02. The van der Waals surface area contributed by atoms with Crippen molar-refractivity contribution in [2.45, 2.75) is 33.4 Å². The molecule has 30 heavy (non-hydrogen) atoms. The lowest BCUT2D eigenvalue weighted by molar-refractivity contribution is 0.750. The maximum Gasteiger partial charge on any atom is 0.192 e. The molecule has 4 aromatic rings. The molecule has 1 aromatic carbocycles. The van der Waals surface area contributed by atoms with Gasteiger partial charge in [-0.25, -0.2) is 4.99 Å². The zero-order chi connectivity index (χ0) is 20.9. The van der Waals surface area contributed by atoms with E-state index in [1.807, 2.05) is 18.5 Å². The molecule has 0 unspecified atom stereocenters. The number of thiophene rings is 1. The van der Waals surface area contributed by atoms with Gasteiger partial charge in [0.15, 0.2) is 11.8 Å². The van der Waals surface area contributed by atoms with Crippen LogP contribution in [0.1, 0.15) is 27.7 Å². The molecule has 3 N–H and O–H groups in total. The molecule has 0 aliphatic carbocycles. The van der Waals surface area contributed by atoms with Crippen LogP contribution in [0.5, 0.6) is 0 Å². The second kappa shape index (κ2) is 9.13. The summed E-state index contributed by atoms with van der Waals surface area (Å²) in [4.78, 5) is 9.40. The molecular weight excluding hydrogens is 394 g/mol. The molecule has 0 aliphatic rings. The minimum atomic E-state index is 0.476. The summed E-state index contributed by atoms with van der Waals surface area (Å²) in [5.41, 5.74) is 3.79. The highest BCUT2D eigenvalue weighted by Gasteiger charge is 2.08. The van der Waals surface area contributed by atoms with Gasteiger partial charge in [0.05, 0.1) is 6.54 Å². The number of fused-ring (bicyclic) bond motifs is 1. The minimum absolute atomic E-state index is 0.476. The summed E-state index contributed by atoms with van der Waals surface area (Å²) in [7, 11) is 1.96. The zero-order valence-electron chi connectivity index (χ0n) is 17.6. The highest BCUT2D eigenvalue weighted by molar-refractivity contribution is 7.09. The van der Waals surface area contributed by atoms with Gasteiger partial charge in [-0.05, 0) is 42.8 Å². The lowest BCUT2D eigenvalue weighted by Crippen LogP contribution is -2.38. The molecule has 0 spiro atoms. The Morgan fingerprint density at radius 1 is 1.17 bits per heavy atom. The van der Waals surface area contributed by atoms with Crippen LogP contribution in [0.15, 0.2) is 46.9 Å². The zero-order valence-corrected chi connectivity index (χ0v) is 18.4. The predicted molar refractivity (Wildman–Crippen MR) is 123 cm³/mol. The van der Waals surface area contributed by atoms with Gasteiger partial charge in [0, 0.05) is 35.6 Å². The Morgan fingerprint density at radius 3 is 2.83 bits per heavy atom. The van der Waals surface area contributed by atoms with Crippen molar-refractivity contribution in [3.8, 4) is 0 Å². The summed E-state index contributed by atoms with van der Waals surface area (Å²) in [6.45, 7) is 6.08. The van der Waals surface area contributed by atoms with Gasteiger partial charge in [0.1, 0.15) is 12.4 Å². The molecule has 8 heteroatoms. The molecule has 0 bridgehead atoms. The largest absolute Gasteiger partial charge is 0.361 e. The number of guanidine groups is 1. The molecule has 3 heterocycles. The third kappa shape index (κ3) is 4.54. The van der Waals surface area contributed by atoms with Crippen molar-refractivity contribution < 1.29 is 0 Å². The number of aromatic amines is 1. The molecule has 0 saturated carbocycles. The fourth-order valence-corrected chi connectivity index (χ4v) is 4.03. The lowest BCUT2D eigenvalue weighted by Gasteiger charge is -2.12. The van der Waals surface area contributed by atoms with E-state index in [-0.39, 0.29) is 0 Å². The SMILES string of the molecule is Cc1cccc2c(CCNC(=NCc3nnc(C)n3C)NCc3cccs3)c[nH]c12. The fourth-order valence-electron chi connectivity index (χ4n) is 3.38. The lowest BCUT2D eigenvalue weighted by atomic mass is 10.1. The Labute approximate surface area is 180 Å². The van der Waals surface area contributed by atoms with Gasteiger partial charge in [-0.15, -0.1) is 21.5 Å². The highest BCUT2D eigenvalue weighted by Crippen LogP contribution is 2.21. The Balaban J connectivity index is 1.42. The fraction of sp³-hybridized carbons (Fsp3) is 0.318. The Morgan fingerprint density at radius 2 is 2.07 bits per heavy atom. The molecular formula is C22H27N7S. The number of H-pyrrole nitrogens is 1. The quantitative estimate of drug-likeness (QED) is 0.315. The molecule has 156 valence electrons. The maximum absolute atomic E-state index is 4.73. The van der Waals surface area contributed by atoms with E-state index in [0.29, 0.717) is 6.54 Å². The van der Waals surface area contributed by atoms with Crippen LogP contribution in [-0.4, -0.2) is 32.3 Å². The smallest absolute Gasteiger partial charge is 0.192 e. The third-order valence-corrected chi connectivity index (χ3v) is 6.14. The first-order chi connectivity index (χ1) is 14.6. The molecule has 0 atom stereocenters. The first-order valence-electron chi connectivity index (χ1n) is 10.1. The molecule has 4 rings (SSSR count). The normalized spacial score (nSPS) is 11.9. The summed E-state index contributed by atoms with van der Waals surface area (Å²) in [5.74, 6) is 2.51. The average molecular weight is 422 g/mol. The van der Waals surface area contributed by atoms with Gasteiger partial charge >= 0.3 is 0 Å². The van der Waals surface area contributed by atoms with E-state index in [9.17, 15) is 0 Å². The van der Waals surface area contributed by atoms with Crippen molar-refractivity contribution in [3.05, 3.63) is 69.6 Å². The maximum atomic E-state index is 4.73. The van der Waals surface area contributed by atoms with E-state index in [1.165, 1.54) is 26.9 Å². The highest BCUT2D eigenvalue weighted by atomic mass is 32.1. The van der Waals surface area contributed by atoms with Crippen LogP contribution in [0.2, 0.25) is 0 Å². The van der Waals surface area contributed by atoms with E-state index in [2.05, 4.69) is 74.6 Å². The second-order valence-corrected chi connectivity index (χ2v) is 8.34. The van der Waals surface area contributed by atoms with Crippen molar-refractivity contribution in [1.82, 2.24) is 30.4 Å². The van der Waals surface area contributed by atoms with Gasteiger partial charge in [0.2, 0.25) is 0 Å². The van der Waals surface area contributed by atoms with Gasteiger partial charge < -0.3 is 20.2 Å². The number of aryl methyl sites for hydroxylation is 2. The number of rotatable bonds is 7. The van der Waals surface area contributed by atoms with Crippen molar-refractivity contribution in [3.63, 3.8) is 0 Å². The molecule has 0 radical (unpaired) electrons. The molecule has 0 aliphatic heterocycles. The number of nitrogens with one attached hydrogen (secondary N) is 3. The van der Waals surface area contributed by atoms with Crippen molar-refractivity contribution in [2.75, 3.05) is 6.54 Å². The van der Waals surface area contributed by atoms with E-state index in [1.54, 1.807) is 11.3 Å². The summed E-state index contributed by atoms with van der Waals surface area (Å²) in [6, 6.07) is 10.6. The first-order valence-corrected chi connectivity index (χ1v) is 10.9. The third-order valence-electron chi connectivity index (χ3n) is 5.27. The topological polar surface area (TPSA) is 82.9 Å². The van der Waals surface area contributed by atoms with E-state index >= 15 is 0 Å². The van der Waals surface area contributed by atoms with Crippen LogP contribution in [0.25, 0.3) is 10.9 Å². The standard InChI is InChI=1S/C22H27N7S/c1-15-6-4-8-19-17(12-24-21(15)19)9-10-23-22(25-13-18-7-5-11-30-18)26-14-20-28-27-16(2)29(20)3/h4-8,11-12,24H,9-10,13-14H2,1-3H3,(H2,23,25,26). The Kier molecular flexibility index (Phi) is 6.13. The van der Waals surface area contributed by atoms with Crippen LogP contribution < -0.4 is 10.6 Å². The second-order valence-electron chi connectivity index (χ2n) is 7.31. The monoisotopic (exact) mass is 421 g/mol. The molecule has 7 nitrogen and oxygen atoms in total. The van der Waals surface area contributed by atoms with Crippen LogP contribution in [-0.2, 0) is 26.6 Å². The number of nitrogens with zero attached hydrogens (tertiary/aromatic N) is 4. The molecule has 0 saturated heterocycles. The molecule has 3 aromatic heterocycles. The van der Waals surface area contributed by atoms with Gasteiger partial charge in [0.25, 0.3) is 0 Å². The van der Waals surface area contributed by atoms with Crippen molar-refractivity contribution in [2.24, 2.45) is 12.0 Å². The minimum Gasteiger partial charge on any atom is -0.361 e. The molecule has 0 fully saturated rings. The number of para-hydroxylation sites is 1. The Bertz CT molecular complexity index is 1140. The molecule has 0 amide bonds. The number of hydrogen-bond donors (Lipinski definition) is 3. The first kappa shape index (κ1) is 20.2. The van der Waals surface area contributed by atoms with Gasteiger partial charge in [-0.3, -0.25) is 0 Å². The number of aromatic nitrogens is 4. The number of benzene rings is 1. The van der Waals surface area contributed by atoms with E-state index in [4.69, 9.17) is 4.99 Å². The van der Waals surface area contributed by atoms with Gasteiger partial charge in [-0.2, -0.15) is 0 Å². The van der Waals surface area contributed by atoms with Gasteiger partial charge in [-0.1, -0.05) is 24.3 Å². The van der Waals surface area contributed by atoms with Crippen molar-refractivity contribution >= 4 is 28.2 Å². The van der Waals surface area contributed by atoms with E-state index < -0.39 is 0 Å². The summed E-state index contributed by atoms with van der Waals surface area (Å²) in [5, 5.41) is 18.6. The Hall–Kier alpha value is -3.13. The average Bonchev–Trinajstić information content (AvgIpc) is 3.47. The van der Waals surface area contributed by atoms with E-state index in [0.717, 1.165) is 37.1 Å². The number of aliphatic imine (C=N–C) groups is 1. The predicted octanol–water partition coefficient (Wildman–Crippen LogP) is 3.45. The summed E-state index contributed by atoms with van der Waals surface area (Å²) < 4.78 is 1.97. The summed E-state index contributed by atoms with van der Waals surface area (Å²) >= 11 is 1.73. The van der Waals surface area contributed by atoms with Crippen LogP contribution in [0.3, 0.4) is 0 Å². The van der Waals surface area contributed by atoms with Crippen LogP contribution in [0, 0.1) is 13.8 Å². The number of hydrogen-bond acceptors (Lipinski definition) is 4. The van der Waals surface area contributed by atoms with Crippen LogP contribution in [0.4, 0.5) is 0 Å². The van der Waals surface area contributed by atoms with Crippen molar-refractivity contribution in [1.29, 1.82) is 0 Å².